The molecule has 0 radical (unpaired) electrons. The molecule has 1 aliphatic rings. The van der Waals surface area contributed by atoms with Crippen LogP contribution in [0.4, 0.5) is 0 Å². The van der Waals surface area contributed by atoms with E-state index in [-0.39, 0.29) is 0 Å². The highest BCUT2D eigenvalue weighted by Gasteiger charge is 2.21. The summed E-state index contributed by atoms with van der Waals surface area (Å²) in [6, 6.07) is 8.65. The molecule has 1 aromatic rings. The van der Waals surface area contributed by atoms with Gasteiger partial charge in [0.25, 0.3) is 0 Å². The first-order valence-corrected chi connectivity index (χ1v) is 7.25. The Kier molecular flexibility index (Phi) is 5.48. The van der Waals surface area contributed by atoms with Gasteiger partial charge in [-0.25, -0.2) is 0 Å². The summed E-state index contributed by atoms with van der Waals surface area (Å²) in [6.45, 7) is 4.03. The lowest BCUT2D eigenvalue weighted by atomic mass is 10.00. The Labute approximate surface area is 115 Å². The Morgan fingerprint density at radius 1 is 1.33 bits per heavy atom. The van der Waals surface area contributed by atoms with Crippen molar-refractivity contribution >= 4 is 11.6 Å². The van der Waals surface area contributed by atoms with Crippen LogP contribution in [0.3, 0.4) is 0 Å². The van der Waals surface area contributed by atoms with Gasteiger partial charge in [-0.1, -0.05) is 37.1 Å². The van der Waals surface area contributed by atoms with E-state index in [2.05, 4.69) is 24.4 Å². The maximum absolute atomic E-state index is 5.88. The fourth-order valence-corrected chi connectivity index (χ4v) is 2.58. The smallest absolute Gasteiger partial charge is 0.0589 e. The third kappa shape index (κ3) is 4.27. The first kappa shape index (κ1) is 13.9. The van der Waals surface area contributed by atoms with E-state index in [1.54, 1.807) is 0 Å². The van der Waals surface area contributed by atoms with Crippen LogP contribution in [0.25, 0.3) is 0 Å². The molecule has 1 saturated heterocycles. The van der Waals surface area contributed by atoms with E-state index in [9.17, 15) is 0 Å². The average Bonchev–Trinajstić information content (AvgIpc) is 2.39. The van der Waals surface area contributed by atoms with Crippen molar-refractivity contribution in [3.8, 4) is 0 Å². The van der Waals surface area contributed by atoms with Crippen molar-refractivity contribution in [2.75, 3.05) is 6.61 Å². The van der Waals surface area contributed by atoms with Crippen molar-refractivity contribution in [3.05, 3.63) is 34.9 Å². The van der Waals surface area contributed by atoms with Gasteiger partial charge < -0.3 is 10.1 Å². The quantitative estimate of drug-likeness (QED) is 0.877. The molecule has 0 aromatic heterocycles. The number of hydrogen-bond acceptors (Lipinski definition) is 2. The summed E-state index contributed by atoms with van der Waals surface area (Å²) >= 11 is 5.88. The lowest BCUT2D eigenvalue weighted by molar-refractivity contribution is -0.00342. The van der Waals surface area contributed by atoms with Gasteiger partial charge in [0.2, 0.25) is 0 Å². The molecule has 3 heteroatoms. The minimum atomic E-state index is 0.450. The summed E-state index contributed by atoms with van der Waals surface area (Å²) in [6.07, 6.45) is 5.09. The third-order valence-corrected chi connectivity index (χ3v) is 3.74. The first-order chi connectivity index (χ1) is 8.78. The second-order valence-electron chi connectivity index (χ2n) is 5.01. The summed E-state index contributed by atoms with van der Waals surface area (Å²) in [5, 5.41) is 4.42. The van der Waals surface area contributed by atoms with E-state index in [1.807, 2.05) is 12.1 Å². The Morgan fingerprint density at radius 3 is 2.83 bits per heavy atom. The fraction of sp³-hybridized carbons (Fsp3) is 0.600. The Hall–Kier alpha value is -0.570. The van der Waals surface area contributed by atoms with E-state index in [0.29, 0.717) is 12.1 Å². The van der Waals surface area contributed by atoms with Crippen LogP contribution in [0.15, 0.2) is 24.3 Å². The molecular formula is C15H22ClNO. The zero-order valence-electron chi connectivity index (χ0n) is 11.0. The summed E-state index contributed by atoms with van der Waals surface area (Å²) < 4.78 is 5.76. The molecule has 0 amide bonds. The Balaban J connectivity index is 1.77. The number of nitrogens with one attached hydrogen (secondary N) is 1. The van der Waals surface area contributed by atoms with Crippen molar-refractivity contribution in [3.63, 3.8) is 0 Å². The van der Waals surface area contributed by atoms with Gasteiger partial charge in [-0.15, -0.1) is 0 Å². The lowest BCUT2D eigenvalue weighted by Crippen LogP contribution is -2.38. The van der Waals surface area contributed by atoms with Crippen LogP contribution >= 0.6 is 11.6 Å². The van der Waals surface area contributed by atoms with E-state index in [1.165, 1.54) is 18.4 Å². The standard InChI is InChI=1S/C15H22ClNO/c1-2-3-15-10-14(8-9-18-15)17-11-12-4-6-13(16)7-5-12/h4-7,14-15,17H,2-3,8-11H2,1H3. The molecule has 2 rings (SSSR count). The minimum absolute atomic E-state index is 0.450. The molecular weight excluding hydrogens is 246 g/mol. The van der Waals surface area contributed by atoms with Gasteiger partial charge in [0.15, 0.2) is 0 Å². The second-order valence-corrected chi connectivity index (χ2v) is 5.45. The van der Waals surface area contributed by atoms with Crippen LogP contribution in [0, 0.1) is 0 Å². The van der Waals surface area contributed by atoms with Crippen LogP contribution in [-0.4, -0.2) is 18.8 Å². The zero-order chi connectivity index (χ0) is 12.8. The molecule has 18 heavy (non-hydrogen) atoms. The van der Waals surface area contributed by atoms with Crippen LogP contribution in [-0.2, 0) is 11.3 Å². The van der Waals surface area contributed by atoms with Crippen LogP contribution in [0.1, 0.15) is 38.2 Å². The summed E-state index contributed by atoms with van der Waals surface area (Å²) in [4.78, 5) is 0. The Morgan fingerprint density at radius 2 is 2.11 bits per heavy atom. The van der Waals surface area contributed by atoms with Gasteiger partial charge >= 0.3 is 0 Å². The summed E-state index contributed by atoms with van der Waals surface area (Å²) in [7, 11) is 0. The molecule has 1 fully saturated rings. The van der Waals surface area contributed by atoms with Crippen LogP contribution < -0.4 is 5.32 Å². The normalized spacial score (nSPS) is 24.1. The lowest BCUT2D eigenvalue weighted by Gasteiger charge is -2.30. The predicted octanol–water partition coefficient (Wildman–Crippen LogP) is 3.78. The molecule has 0 bridgehead atoms. The molecule has 100 valence electrons. The molecule has 2 nitrogen and oxygen atoms in total. The molecule has 0 spiro atoms. The number of ether oxygens (including phenoxy) is 1. The van der Waals surface area contributed by atoms with Gasteiger partial charge in [0, 0.05) is 24.2 Å². The zero-order valence-corrected chi connectivity index (χ0v) is 11.7. The van der Waals surface area contributed by atoms with Gasteiger partial charge in [-0.2, -0.15) is 0 Å². The number of benzene rings is 1. The van der Waals surface area contributed by atoms with Gasteiger partial charge in [-0.05, 0) is 37.0 Å². The first-order valence-electron chi connectivity index (χ1n) is 6.87. The molecule has 1 aromatic carbocycles. The molecule has 1 heterocycles. The highest BCUT2D eigenvalue weighted by molar-refractivity contribution is 6.30. The highest BCUT2D eigenvalue weighted by Crippen LogP contribution is 2.18. The fourth-order valence-electron chi connectivity index (χ4n) is 2.45. The highest BCUT2D eigenvalue weighted by atomic mass is 35.5. The predicted molar refractivity (Wildman–Crippen MR) is 76.0 cm³/mol. The van der Waals surface area contributed by atoms with Crippen molar-refractivity contribution in [2.24, 2.45) is 0 Å². The number of halogens is 1. The van der Waals surface area contributed by atoms with E-state index in [0.717, 1.165) is 31.0 Å². The van der Waals surface area contributed by atoms with Gasteiger partial charge in [0.05, 0.1) is 6.10 Å². The van der Waals surface area contributed by atoms with Crippen molar-refractivity contribution < 1.29 is 4.74 Å². The monoisotopic (exact) mass is 267 g/mol. The summed E-state index contributed by atoms with van der Waals surface area (Å²) in [5.41, 5.74) is 1.29. The van der Waals surface area contributed by atoms with Crippen molar-refractivity contribution in [2.45, 2.75) is 51.3 Å². The van der Waals surface area contributed by atoms with Crippen LogP contribution in [0.2, 0.25) is 5.02 Å². The molecule has 0 saturated carbocycles. The molecule has 2 atom stereocenters. The number of rotatable bonds is 5. The van der Waals surface area contributed by atoms with E-state index >= 15 is 0 Å². The van der Waals surface area contributed by atoms with Crippen LogP contribution in [0.5, 0.6) is 0 Å². The molecule has 2 unspecified atom stereocenters. The van der Waals surface area contributed by atoms with Gasteiger partial charge in [-0.3, -0.25) is 0 Å². The maximum Gasteiger partial charge on any atom is 0.0589 e. The molecule has 0 aliphatic carbocycles. The topological polar surface area (TPSA) is 21.3 Å². The number of hydrogen-bond donors (Lipinski definition) is 1. The summed E-state index contributed by atoms with van der Waals surface area (Å²) in [5.74, 6) is 0. The van der Waals surface area contributed by atoms with Gasteiger partial charge in [0.1, 0.15) is 0 Å². The second kappa shape index (κ2) is 7.13. The molecule has 1 N–H and O–H groups in total. The van der Waals surface area contributed by atoms with Crippen molar-refractivity contribution in [1.29, 1.82) is 0 Å². The van der Waals surface area contributed by atoms with E-state index < -0.39 is 0 Å². The maximum atomic E-state index is 5.88. The van der Waals surface area contributed by atoms with E-state index in [4.69, 9.17) is 16.3 Å². The largest absolute Gasteiger partial charge is 0.378 e. The SMILES string of the molecule is CCCC1CC(NCc2ccc(Cl)cc2)CCO1. The average molecular weight is 268 g/mol. The Bertz CT molecular complexity index is 350. The third-order valence-electron chi connectivity index (χ3n) is 3.49. The minimum Gasteiger partial charge on any atom is -0.378 e. The van der Waals surface area contributed by atoms with Crippen molar-refractivity contribution in [1.82, 2.24) is 5.32 Å². The molecule has 1 aliphatic heterocycles.